The van der Waals surface area contributed by atoms with Crippen molar-refractivity contribution in [2.45, 2.75) is 0 Å². The van der Waals surface area contributed by atoms with Crippen molar-refractivity contribution >= 4 is 24.5 Å². The van der Waals surface area contributed by atoms with Crippen molar-refractivity contribution in [1.82, 2.24) is 4.67 Å². The molecule has 0 aromatic heterocycles. The van der Waals surface area contributed by atoms with E-state index in [0.717, 1.165) is 48.6 Å². The molecule has 5 nitrogen and oxygen atoms in total. The van der Waals surface area contributed by atoms with E-state index in [1.54, 1.807) is 7.11 Å². The van der Waals surface area contributed by atoms with Gasteiger partial charge in [-0.25, -0.2) is 4.67 Å². The molecule has 2 heterocycles. The predicted molar refractivity (Wildman–Crippen MR) is 98.2 cm³/mol. The highest BCUT2D eigenvalue weighted by Gasteiger charge is 2.52. The third-order valence-electron chi connectivity index (χ3n) is 4.94. The number of hydrogen-bond acceptors (Lipinski definition) is 5. The Labute approximate surface area is 143 Å². The molecule has 0 saturated carbocycles. The second-order valence-electron chi connectivity index (χ2n) is 6.23. The number of likely N-dealkylation sites (N-methyl/N-ethyl adjacent to an activating group) is 1. The Hall–Kier alpha value is -1.81. The van der Waals surface area contributed by atoms with Crippen LogP contribution >= 0.6 is 7.79 Å². The molecule has 0 amide bonds. The van der Waals surface area contributed by atoms with Crippen molar-refractivity contribution in [1.29, 1.82) is 0 Å². The molecule has 0 spiro atoms. The molecule has 2 aromatic carbocycles. The molecule has 0 aliphatic carbocycles. The van der Waals surface area contributed by atoms with Gasteiger partial charge in [-0.3, -0.25) is 0 Å². The number of nitrogens with zero attached hydrogens (tertiary/aromatic N) is 3. The van der Waals surface area contributed by atoms with Crippen molar-refractivity contribution in [3.8, 4) is 5.75 Å². The molecule has 0 N–H and O–H groups in total. The van der Waals surface area contributed by atoms with Crippen LogP contribution in [-0.2, 0) is 0 Å². The highest BCUT2D eigenvalue weighted by atomic mass is 31.2. The highest BCUT2D eigenvalue weighted by molar-refractivity contribution is 7.76. The Balaban J connectivity index is 1.90. The van der Waals surface area contributed by atoms with Crippen molar-refractivity contribution in [2.24, 2.45) is 0 Å². The van der Waals surface area contributed by atoms with Crippen molar-refractivity contribution in [3.63, 3.8) is 0 Å². The van der Waals surface area contributed by atoms with E-state index in [2.05, 4.69) is 21.3 Å². The fourth-order valence-electron chi connectivity index (χ4n) is 3.62. The van der Waals surface area contributed by atoms with Gasteiger partial charge in [0.1, 0.15) is 5.75 Å². The average molecular weight is 343 g/mol. The largest absolute Gasteiger partial charge is 0.642 e. The molecule has 6 heteroatoms. The molecule has 2 aliphatic heterocycles. The van der Waals surface area contributed by atoms with E-state index in [1.807, 2.05) is 48.5 Å². The summed E-state index contributed by atoms with van der Waals surface area (Å²) in [7, 11) is 0.843. The first kappa shape index (κ1) is 15.7. The van der Waals surface area contributed by atoms with Gasteiger partial charge in [-0.15, -0.1) is 0 Å². The fourth-order valence-corrected chi connectivity index (χ4v) is 6.86. The lowest BCUT2D eigenvalue weighted by Gasteiger charge is -2.39. The summed E-state index contributed by atoms with van der Waals surface area (Å²) >= 11 is 0. The molecular formula is C18H22N3O2P. The Kier molecular flexibility index (Phi) is 3.87. The monoisotopic (exact) mass is 343 g/mol. The lowest BCUT2D eigenvalue weighted by Crippen LogP contribution is -2.40. The molecule has 1 atom stereocenters. The number of fused-ring (bicyclic) bond motifs is 3. The zero-order valence-electron chi connectivity index (χ0n) is 14.1. The molecule has 1 saturated heterocycles. The Morgan fingerprint density at radius 3 is 2.50 bits per heavy atom. The van der Waals surface area contributed by atoms with Crippen LogP contribution in [0.5, 0.6) is 5.75 Å². The summed E-state index contributed by atoms with van der Waals surface area (Å²) in [6, 6.07) is 16.0. The number of para-hydroxylation sites is 1. The molecule has 0 bridgehead atoms. The lowest BCUT2D eigenvalue weighted by molar-refractivity contribution is -0.176. The molecule has 1 fully saturated rings. The SMILES string of the molecule is COc1ccc2c(c1)[P+]1([O-])N(CCN2C)CCN1c1ccccc1. The molecule has 4 rings (SSSR count). The van der Waals surface area contributed by atoms with E-state index in [1.165, 1.54) is 0 Å². The van der Waals surface area contributed by atoms with E-state index in [4.69, 9.17) is 4.74 Å². The second-order valence-corrected chi connectivity index (χ2v) is 8.85. The van der Waals surface area contributed by atoms with E-state index >= 15 is 0 Å². The van der Waals surface area contributed by atoms with Crippen LogP contribution in [0.25, 0.3) is 0 Å². The predicted octanol–water partition coefficient (Wildman–Crippen LogP) is 1.72. The average Bonchev–Trinajstić information content (AvgIpc) is 2.92. The summed E-state index contributed by atoms with van der Waals surface area (Å²) in [5.74, 6) is 0.749. The van der Waals surface area contributed by atoms with Crippen molar-refractivity contribution in [2.75, 3.05) is 49.9 Å². The van der Waals surface area contributed by atoms with Crippen LogP contribution in [0.15, 0.2) is 48.5 Å². The van der Waals surface area contributed by atoms with Gasteiger partial charge in [0.2, 0.25) is 0 Å². The summed E-state index contributed by atoms with van der Waals surface area (Å²) in [6.07, 6.45) is 0. The standard InChI is InChI=1S/C18H22N3O2P/c1-19-10-11-20-12-13-21(15-6-4-3-5-7-15)24(20,22)18-14-16(23-2)8-9-17(18)19/h3-9,14H,10-13H2,1-2H3. The van der Waals surface area contributed by atoms with Crippen molar-refractivity contribution < 1.29 is 9.63 Å². The molecule has 2 aromatic rings. The quantitative estimate of drug-likeness (QED) is 0.777. The third-order valence-corrected chi connectivity index (χ3v) is 8.17. The van der Waals surface area contributed by atoms with Crippen LogP contribution in [0.1, 0.15) is 0 Å². The Morgan fingerprint density at radius 2 is 1.75 bits per heavy atom. The number of anilines is 2. The summed E-state index contributed by atoms with van der Waals surface area (Å²) in [4.78, 5) is 16.5. The maximum absolute atomic E-state index is 14.4. The van der Waals surface area contributed by atoms with Gasteiger partial charge in [0.15, 0.2) is 13.1 Å². The van der Waals surface area contributed by atoms with Crippen LogP contribution in [0.2, 0.25) is 0 Å². The molecule has 0 radical (unpaired) electrons. The fraction of sp³-hybridized carbons (Fsp3) is 0.333. The van der Waals surface area contributed by atoms with Gasteiger partial charge in [-0.1, -0.05) is 18.2 Å². The zero-order chi connectivity index (χ0) is 16.7. The first-order valence-electron chi connectivity index (χ1n) is 8.23. The number of hydrogen-bond donors (Lipinski definition) is 0. The minimum atomic E-state index is -2.87. The molecular weight excluding hydrogens is 321 g/mol. The first-order valence-corrected chi connectivity index (χ1v) is 9.84. The third kappa shape index (κ3) is 2.27. The second kappa shape index (κ2) is 5.92. The van der Waals surface area contributed by atoms with Gasteiger partial charge in [0.05, 0.1) is 38.1 Å². The topological polar surface area (TPSA) is 42.0 Å². The highest BCUT2D eigenvalue weighted by Crippen LogP contribution is 2.63. The van der Waals surface area contributed by atoms with Gasteiger partial charge in [-0.2, -0.15) is 4.67 Å². The number of rotatable bonds is 2. The summed E-state index contributed by atoms with van der Waals surface area (Å²) in [6.45, 7) is 3.26. The van der Waals surface area contributed by atoms with E-state index < -0.39 is 7.79 Å². The van der Waals surface area contributed by atoms with Gasteiger partial charge < -0.3 is 14.5 Å². The van der Waals surface area contributed by atoms with Crippen LogP contribution in [0.4, 0.5) is 11.4 Å². The van der Waals surface area contributed by atoms with E-state index in [-0.39, 0.29) is 0 Å². The number of benzene rings is 2. The summed E-state index contributed by atoms with van der Waals surface area (Å²) < 4.78 is 9.66. The minimum absolute atomic E-state index is 0.749. The van der Waals surface area contributed by atoms with Gasteiger partial charge in [0, 0.05) is 19.7 Å². The lowest BCUT2D eigenvalue weighted by atomic mass is 10.2. The maximum Gasteiger partial charge on any atom is 0.166 e. The first-order chi connectivity index (χ1) is 11.6. The molecule has 24 heavy (non-hydrogen) atoms. The zero-order valence-corrected chi connectivity index (χ0v) is 14.9. The van der Waals surface area contributed by atoms with Crippen LogP contribution < -0.4 is 24.5 Å². The van der Waals surface area contributed by atoms with Crippen molar-refractivity contribution in [3.05, 3.63) is 48.5 Å². The van der Waals surface area contributed by atoms with Gasteiger partial charge >= 0.3 is 0 Å². The molecule has 2 aliphatic rings. The van der Waals surface area contributed by atoms with E-state index in [0.29, 0.717) is 0 Å². The maximum atomic E-state index is 14.4. The molecule has 1 unspecified atom stereocenters. The normalized spacial score (nSPS) is 23.6. The summed E-state index contributed by atoms with van der Waals surface area (Å²) in [5, 5.41) is 0.878. The van der Waals surface area contributed by atoms with Gasteiger partial charge in [-0.05, 0) is 24.3 Å². The number of methoxy groups -OCH3 is 1. The van der Waals surface area contributed by atoms with Crippen LogP contribution in [0, 0.1) is 0 Å². The van der Waals surface area contributed by atoms with Crippen LogP contribution in [-0.4, -0.2) is 45.0 Å². The Bertz CT molecular complexity index is 742. The number of ether oxygens (including phenoxy) is 1. The van der Waals surface area contributed by atoms with Gasteiger partial charge in [0.25, 0.3) is 0 Å². The Morgan fingerprint density at radius 1 is 1.00 bits per heavy atom. The molecule has 126 valence electrons. The van der Waals surface area contributed by atoms with E-state index in [9.17, 15) is 4.89 Å². The summed E-state index contributed by atoms with van der Waals surface area (Å²) in [5.41, 5.74) is 2.05. The minimum Gasteiger partial charge on any atom is -0.642 e. The smallest absolute Gasteiger partial charge is 0.166 e. The van der Waals surface area contributed by atoms with Crippen LogP contribution in [0.3, 0.4) is 0 Å².